The average molecular weight is 230 g/mol. The number of benzene rings is 1. The summed E-state index contributed by atoms with van der Waals surface area (Å²) in [5, 5.41) is 23.3. The van der Waals surface area contributed by atoms with Crippen LogP contribution in [0.5, 0.6) is 0 Å². The first-order valence-corrected chi connectivity index (χ1v) is 4.54. The third-order valence-corrected chi connectivity index (χ3v) is 2.19. The Labute approximate surface area is 95.2 Å². The summed E-state index contributed by atoms with van der Waals surface area (Å²) >= 11 is 0. The molecule has 1 aromatic heterocycles. The van der Waals surface area contributed by atoms with E-state index in [-0.39, 0.29) is 28.4 Å². The third-order valence-electron chi connectivity index (χ3n) is 2.19. The molecule has 0 unspecified atom stereocenters. The molecule has 0 saturated carbocycles. The van der Waals surface area contributed by atoms with Crippen LogP contribution in [-0.2, 0) is 0 Å². The maximum atomic E-state index is 10.8. The quantitative estimate of drug-likeness (QED) is 0.619. The van der Waals surface area contributed by atoms with Crippen molar-refractivity contribution in [2.45, 2.75) is 0 Å². The highest BCUT2D eigenvalue weighted by Gasteiger charge is 2.22. The van der Waals surface area contributed by atoms with Crippen molar-refractivity contribution in [3.8, 4) is 17.3 Å². The Kier molecular flexibility index (Phi) is 2.46. The van der Waals surface area contributed by atoms with Gasteiger partial charge >= 0.3 is 0 Å². The molecule has 0 atom stereocenters. The molecule has 17 heavy (non-hydrogen) atoms. The summed E-state index contributed by atoms with van der Waals surface area (Å²) < 4.78 is 4.66. The average Bonchev–Trinajstić information content (AvgIpc) is 2.70. The maximum absolute atomic E-state index is 10.8. The molecule has 7 heteroatoms. The van der Waals surface area contributed by atoms with Crippen molar-refractivity contribution < 1.29 is 9.45 Å². The molecule has 1 heterocycles. The van der Waals surface area contributed by atoms with E-state index in [1.54, 1.807) is 12.1 Å². The van der Waals surface area contributed by atoms with Crippen LogP contribution in [0.1, 0.15) is 5.56 Å². The van der Waals surface area contributed by atoms with Crippen LogP contribution in [0.2, 0.25) is 0 Å². The lowest BCUT2D eigenvalue weighted by molar-refractivity contribution is -0.384. The minimum Gasteiger partial charge on any atom is -0.366 e. The molecule has 2 aromatic rings. The van der Waals surface area contributed by atoms with Gasteiger partial charge in [0.05, 0.1) is 10.5 Å². The molecule has 0 aliphatic rings. The van der Waals surface area contributed by atoms with E-state index in [2.05, 4.69) is 9.68 Å². The Morgan fingerprint density at radius 3 is 2.82 bits per heavy atom. The summed E-state index contributed by atoms with van der Waals surface area (Å²) in [6.45, 7) is 0. The standard InChI is InChI=1S/C10H6N4O3/c11-5-7-9(13-17-10(7)12)6-3-1-2-4-8(6)14(15)16/h1-4H,12H2. The number of nitrogens with zero attached hydrogens (tertiary/aromatic N) is 3. The molecule has 1 aromatic carbocycles. The fraction of sp³-hybridized carbons (Fsp3) is 0. The molecule has 84 valence electrons. The summed E-state index contributed by atoms with van der Waals surface area (Å²) in [5.41, 5.74) is 5.52. The van der Waals surface area contributed by atoms with E-state index in [1.807, 2.05) is 0 Å². The van der Waals surface area contributed by atoms with Gasteiger partial charge in [0.25, 0.3) is 5.69 Å². The lowest BCUT2D eigenvalue weighted by Gasteiger charge is -1.98. The van der Waals surface area contributed by atoms with Crippen LogP contribution in [0.15, 0.2) is 28.8 Å². The fourth-order valence-corrected chi connectivity index (χ4v) is 1.43. The van der Waals surface area contributed by atoms with Crippen molar-refractivity contribution in [3.63, 3.8) is 0 Å². The zero-order chi connectivity index (χ0) is 12.4. The number of nitro benzene ring substituents is 1. The Hall–Kier alpha value is -2.88. The van der Waals surface area contributed by atoms with Crippen molar-refractivity contribution >= 4 is 11.6 Å². The Balaban J connectivity index is 2.69. The second-order valence-electron chi connectivity index (χ2n) is 3.16. The summed E-state index contributed by atoms with van der Waals surface area (Å²) in [4.78, 5) is 10.3. The summed E-state index contributed by atoms with van der Waals surface area (Å²) in [6, 6.07) is 7.74. The second-order valence-corrected chi connectivity index (χ2v) is 3.16. The van der Waals surface area contributed by atoms with Gasteiger partial charge in [-0.05, 0) is 6.07 Å². The minimum atomic E-state index is -0.554. The van der Waals surface area contributed by atoms with Crippen LogP contribution in [-0.4, -0.2) is 10.1 Å². The lowest BCUT2D eigenvalue weighted by atomic mass is 10.1. The molecule has 0 saturated heterocycles. The number of nitrogen functional groups attached to an aromatic ring is 1. The number of hydrogen-bond acceptors (Lipinski definition) is 6. The van der Waals surface area contributed by atoms with E-state index in [9.17, 15) is 10.1 Å². The van der Waals surface area contributed by atoms with E-state index in [0.717, 1.165) is 0 Å². The molecular formula is C10H6N4O3. The molecule has 0 spiro atoms. The van der Waals surface area contributed by atoms with Gasteiger partial charge in [-0.15, -0.1) is 0 Å². The zero-order valence-electron chi connectivity index (χ0n) is 8.45. The molecule has 0 bridgehead atoms. The monoisotopic (exact) mass is 230 g/mol. The van der Waals surface area contributed by atoms with Gasteiger partial charge in [-0.25, -0.2) is 0 Å². The number of anilines is 1. The van der Waals surface area contributed by atoms with Gasteiger partial charge in [-0.3, -0.25) is 10.1 Å². The lowest BCUT2D eigenvalue weighted by Crippen LogP contribution is -1.93. The van der Waals surface area contributed by atoms with Gasteiger partial charge in [0, 0.05) is 6.07 Å². The topological polar surface area (TPSA) is 119 Å². The molecule has 0 amide bonds. The van der Waals surface area contributed by atoms with Gasteiger partial charge in [-0.1, -0.05) is 17.3 Å². The van der Waals surface area contributed by atoms with Crippen molar-refractivity contribution in [1.29, 1.82) is 5.26 Å². The highest BCUT2D eigenvalue weighted by molar-refractivity contribution is 5.77. The Morgan fingerprint density at radius 1 is 1.47 bits per heavy atom. The second kappa shape index (κ2) is 3.94. The molecule has 0 aliphatic carbocycles. The number of hydrogen-bond donors (Lipinski definition) is 1. The molecular weight excluding hydrogens is 224 g/mol. The molecule has 2 N–H and O–H groups in total. The van der Waals surface area contributed by atoms with E-state index < -0.39 is 4.92 Å². The smallest absolute Gasteiger partial charge is 0.278 e. The highest BCUT2D eigenvalue weighted by atomic mass is 16.6. The van der Waals surface area contributed by atoms with Crippen molar-refractivity contribution in [2.75, 3.05) is 5.73 Å². The molecule has 0 aliphatic heterocycles. The van der Waals surface area contributed by atoms with Gasteiger partial charge in [0.1, 0.15) is 17.3 Å². The van der Waals surface area contributed by atoms with Crippen LogP contribution < -0.4 is 5.73 Å². The van der Waals surface area contributed by atoms with Crippen molar-refractivity contribution in [2.24, 2.45) is 0 Å². The fourth-order valence-electron chi connectivity index (χ4n) is 1.43. The van der Waals surface area contributed by atoms with Crippen LogP contribution in [0.3, 0.4) is 0 Å². The summed E-state index contributed by atoms with van der Waals surface area (Å²) in [7, 11) is 0. The minimum absolute atomic E-state index is 0.000648. The van der Waals surface area contributed by atoms with E-state index in [0.29, 0.717) is 0 Å². The summed E-state index contributed by atoms with van der Waals surface area (Å²) in [6.07, 6.45) is 0. The number of nitriles is 1. The van der Waals surface area contributed by atoms with Gasteiger partial charge < -0.3 is 10.3 Å². The number of nitrogens with two attached hydrogens (primary N) is 1. The molecule has 7 nitrogen and oxygen atoms in total. The maximum Gasteiger partial charge on any atom is 0.278 e. The first kappa shape index (κ1) is 10.6. The van der Waals surface area contributed by atoms with Crippen LogP contribution in [0.25, 0.3) is 11.3 Å². The highest BCUT2D eigenvalue weighted by Crippen LogP contribution is 2.32. The Morgan fingerprint density at radius 2 is 2.18 bits per heavy atom. The third kappa shape index (κ3) is 1.68. The van der Waals surface area contributed by atoms with E-state index in [4.69, 9.17) is 11.0 Å². The zero-order valence-corrected chi connectivity index (χ0v) is 8.45. The molecule has 2 rings (SSSR count). The normalized spacial score (nSPS) is 9.82. The number of aromatic nitrogens is 1. The Bertz CT molecular complexity index is 627. The van der Waals surface area contributed by atoms with Gasteiger partial charge in [0.2, 0.25) is 5.88 Å². The van der Waals surface area contributed by atoms with E-state index >= 15 is 0 Å². The van der Waals surface area contributed by atoms with Crippen molar-refractivity contribution in [3.05, 3.63) is 39.9 Å². The SMILES string of the molecule is N#Cc1c(-c2ccccc2[N+](=O)[O-])noc1N. The predicted molar refractivity (Wildman–Crippen MR) is 57.7 cm³/mol. The molecule has 0 fully saturated rings. The van der Waals surface area contributed by atoms with Crippen LogP contribution >= 0.6 is 0 Å². The summed E-state index contributed by atoms with van der Waals surface area (Å²) in [5.74, 6) is -0.152. The van der Waals surface area contributed by atoms with Gasteiger partial charge in [-0.2, -0.15) is 5.26 Å². The number of nitro groups is 1. The predicted octanol–water partition coefficient (Wildman–Crippen LogP) is 1.70. The first-order chi connectivity index (χ1) is 8.15. The largest absolute Gasteiger partial charge is 0.366 e. The number of rotatable bonds is 2. The number of para-hydroxylation sites is 1. The molecule has 0 radical (unpaired) electrons. The van der Waals surface area contributed by atoms with E-state index in [1.165, 1.54) is 18.2 Å². The van der Waals surface area contributed by atoms with Crippen LogP contribution in [0, 0.1) is 21.4 Å². The van der Waals surface area contributed by atoms with Crippen LogP contribution in [0.4, 0.5) is 11.6 Å². The first-order valence-electron chi connectivity index (χ1n) is 4.54. The van der Waals surface area contributed by atoms with Crippen molar-refractivity contribution in [1.82, 2.24) is 5.16 Å². The van der Waals surface area contributed by atoms with Gasteiger partial charge in [0.15, 0.2) is 0 Å².